The van der Waals surface area contributed by atoms with E-state index in [1.165, 1.54) is 17.3 Å². The van der Waals surface area contributed by atoms with Crippen LogP contribution in [-0.4, -0.2) is 45.0 Å². The summed E-state index contributed by atoms with van der Waals surface area (Å²) in [6, 6.07) is 17.6. The molecule has 0 spiro atoms. The first-order chi connectivity index (χ1) is 13.9. The number of benzene rings is 2. The lowest BCUT2D eigenvalue weighted by Gasteiger charge is -2.19. The molecule has 8 heteroatoms. The minimum Gasteiger partial charge on any atom is -0.492 e. The van der Waals surface area contributed by atoms with E-state index in [2.05, 4.69) is 53.7 Å². The Kier molecular flexibility index (Phi) is 6.87. The van der Waals surface area contributed by atoms with Gasteiger partial charge in [-0.15, -0.1) is 5.10 Å². The number of carbonyl (C=O) groups is 1. The second-order valence-corrected chi connectivity index (χ2v) is 8.41. The van der Waals surface area contributed by atoms with Gasteiger partial charge in [-0.1, -0.05) is 62.9 Å². The summed E-state index contributed by atoms with van der Waals surface area (Å²) in [7, 11) is 0. The average Bonchev–Trinajstić information content (AvgIpc) is 3.19. The summed E-state index contributed by atoms with van der Waals surface area (Å²) < 4.78 is 7.31. The van der Waals surface area contributed by atoms with Crippen LogP contribution in [0.25, 0.3) is 5.69 Å². The van der Waals surface area contributed by atoms with Crippen LogP contribution < -0.4 is 10.1 Å². The Morgan fingerprint density at radius 1 is 1.10 bits per heavy atom. The van der Waals surface area contributed by atoms with Gasteiger partial charge in [0, 0.05) is 0 Å². The maximum Gasteiger partial charge on any atom is 0.230 e. The molecule has 3 rings (SSSR count). The van der Waals surface area contributed by atoms with Gasteiger partial charge >= 0.3 is 0 Å². The Morgan fingerprint density at radius 2 is 1.83 bits per heavy atom. The number of thioether (sulfide) groups is 1. The van der Waals surface area contributed by atoms with Gasteiger partial charge in [0.05, 0.1) is 18.0 Å². The fourth-order valence-corrected chi connectivity index (χ4v) is 3.31. The van der Waals surface area contributed by atoms with Crippen molar-refractivity contribution in [3.8, 4) is 11.4 Å². The van der Waals surface area contributed by atoms with Crippen LogP contribution in [0.15, 0.2) is 59.8 Å². The number of para-hydroxylation sites is 1. The first-order valence-electron chi connectivity index (χ1n) is 9.40. The van der Waals surface area contributed by atoms with Crippen LogP contribution in [0.5, 0.6) is 5.75 Å². The lowest BCUT2D eigenvalue weighted by Crippen LogP contribution is -2.29. The van der Waals surface area contributed by atoms with Crippen molar-refractivity contribution in [2.24, 2.45) is 0 Å². The molecule has 0 aliphatic carbocycles. The molecule has 0 unspecified atom stereocenters. The van der Waals surface area contributed by atoms with E-state index in [1.54, 1.807) is 4.68 Å². The molecule has 0 saturated carbocycles. The predicted molar refractivity (Wildman–Crippen MR) is 114 cm³/mol. The first-order valence-corrected chi connectivity index (χ1v) is 10.4. The summed E-state index contributed by atoms with van der Waals surface area (Å²) in [6.07, 6.45) is 0. The van der Waals surface area contributed by atoms with E-state index in [9.17, 15) is 4.79 Å². The van der Waals surface area contributed by atoms with Gasteiger partial charge in [-0.2, -0.15) is 4.68 Å². The van der Waals surface area contributed by atoms with E-state index in [1.807, 2.05) is 42.5 Å². The smallest absolute Gasteiger partial charge is 0.230 e. The van der Waals surface area contributed by atoms with Crippen molar-refractivity contribution < 1.29 is 9.53 Å². The Hall–Kier alpha value is -2.87. The highest BCUT2D eigenvalue weighted by molar-refractivity contribution is 7.99. The number of ether oxygens (including phenoxy) is 1. The molecule has 1 heterocycles. The monoisotopic (exact) mass is 411 g/mol. The zero-order valence-corrected chi connectivity index (χ0v) is 17.6. The van der Waals surface area contributed by atoms with Crippen molar-refractivity contribution in [1.29, 1.82) is 0 Å². The van der Waals surface area contributed by atoms with Crippen molar-refractivity contribution in [2.45, 2.75) is 31.3 Å². The average molecular weight is 412 g/mol. The molecule has 0 saturated heterocycles. The summed E-state index contributed by atoms with van der Waals surface area (Å²) in [5.41, 5.74) is 2.23. The van der Waals surface area contributed by atoms with Crippen molar-refractivity contribution in [3.05, 3.63) is 60.2 Å². The lowest BCUT2D eigenvalue weighted by atomic mass is 9.87. The Balaban J connectivity index is 1.40. The number of nitrogens with zero attached hydrogens (tertiary/aromatic N) is 4. The highest BCUT2D eigenvalue weighted by Crippen LogP contribution is 2.24. The van der Waals surface area contributed by atoms with Crippen LogP contribution >= 0.6 is 11.8 Å². The molecule has 3 aromatic rings. The van der Waals surface area contributed by atoms with E-state index in [4.69, 9.17) is 4.74 Å². The summed E-state index contributed by atoms with van der Waals surface area (Å²) in [5, 5.41) is 15.1. The van der Waals surface area contributed by atoms with E-state index < -0.39 is 0 Å². The Bertz CT molecular complexity index is 920. The second-order valence-electron chi connectivity index (χ2n) is 7.47. The number of rotatable bonds is 8. The zero-order valence-electron chi connectivity index (χ0n) is 16.8. The van der Waals surface area contributed by atoms with Gasteiger partial charge in [-0.25, -0.2) is 0 Å². The highest BCUT2D eigenvalue weighted by atomic mass is 32.2. The molecule has 1 N–H and O–H groups in total. The molecule has 0 radical (unpaired) electrons. The molecule has 1 aromatic heterocycles. The Labute approximate surface area is 174 Å². The molecular weight excluding hydrogens is 386 g/mol. The molecule has 29 heavy (non-hydrogen) atoms. The number of nitrogens with one attached hydrogen (secondary N) is 1. The fraction of sp³-hybridized carbons (Fsp3) is 0.333. The van der Waals surface area contributed by atoms with E-state index >= 15 is 0 Å². The molecule has 2 aromatic carbocycles. The van der Waals surface area contributed by atoms with Crippen LogP contribution in [0.2, 0.25) is 0 Å². The van der Waals surface area contributed by atoms with Gasteiger partial charge in [0.15, 0.2) is 0 Å². The van der Waals surface area contributed by atoms with Crippen LogP contribution in [0.4, 0.5) is 0 Å². The SMILES string of the molecule is CC(C)(C)c1ccc(OCCNC(=O)CSc2nnnn2-c2ccccc2)cc1. The highest BCUT2D eigenvalue weighted by Gasteiger charge is 2.13. The zero-order chi connectivity index (χ0) is 20.7. The third-order valence-electron chi connectivity index (χ3n) is 4.19. The molecule has 0 bridgehead atoms. The minimum atomic E-state index is -0.0932. The van der Waals surface area contributed by atoms with Gasteiger partial charge < -0.3 is 10.1 Å². The lowest BCUT2D eigenvalue weighted by molar-refractivity contribution is -0.118. The summed E-state index contributed by atoms with van der Waals surface area (Å²) in [5.74, 6) is 0.931. The van der Waals surface area contributed by atoms with Gasteiger partial charge in [0.2, 0.25) is 11.1 Å². The predicted octanol–water partition coefficient (Wildman–Crippen LogP) is 3.25. The Morgan fingerprint density at radius 3 is 2.52 bits per heavy atom. The third kappa shape index (κ3) is 6.05. The van der Waals surface area contributed by atoms with E-state index in [0.29, 0.717) is 18.3 Å². The number of tetrazole rings is 1. The van der Waals surface area contributed by atoms with Crippen molar-refractivity contribution in [1.82, 2.24) is 25.5 Å². The quantitative estimate of drug-likeness (QED) is 0.453. The molecule has 0 aliphatic heterocycles. The summed E-state index contributed by atoms with van der Waals surface area (Å²) in [6.45, 7) is 7.37. The van der Waals surface area contributed by atoms with E-state index in [0.717, 1.165) is 11.4 Å². The minimum absolute atomic E-state index is 0.0932. The molecule has 152 valence electrons. The maximum absolute atomic E-state index is 12.1. The normalized spacial score (nSPS) is 11.3. The molecule has 0 aliphatic rings. The third-order valence-corrected chi connectivity index (χ3v) is 5.11. The van der Waals surface area contributed by atoms with Crippen LogP contribution in [0.1, 0.15) is 26.3 Å². The first kappa shape index (κ1) is 20.9. The van der Waals surface area contributed by atoms with Crippen molar-refractivity contribution >= 4 is 17.7 Å². The number of aromatic nitrogens is 4. The topological polar surface area (TPSA) is 81.9 Å². The molecule has 1 amide bonds. The van der Waals surface area contributed by atoms with Crippen LogP contribution in [-0.2, 0) is 10.2 Å². The van der Waals surface area contributed by atoms with Crippen LogP contribution in [0, 0.1) is 0 Å². The summed E-state index contributed by atoms with van der Waals surface area (Å²) >= 11 is 1.29. The van der Waals surface area contributed by atoms with Gasteiger partial charge in [0.25, 0.3) is 0 Å². The second kappa shape index (κ2) is 9.56. The number of amides is 1. The molecule has 7 nitrogen and oxygen atoms in total. The largest absolute Gasteiger partial charge is 0.492 e. The van der Waals surface area contributed by atoms with Gasteiger partial charge in [-0.05, 0) is 45.7 Å². The van der Waals surface area contributed by atoms with Crippen LogP contribution in [0.3, 0.4) is 0 Å². The van der Waals surface area contributed by atoms with Crippen molar-refractivity contribution in [3.63, 3.8) is 0 Å². The van der Waals surface area contributed by atoms with Gasteiger partial charge in [0.1, 0.15) is 12.4 Å². The summed E-state index contributed by atoms with van der Waals surface area (Å²) in [4.78, 5) is 12.1. The number of hydrogen-bond donors (Lipinski definition) is 1. The standard InChI is InChI=1S/C21H25N5O2S/c1-21(2,3)16-9-11-18(12-10-16)28-14-13-22-19(27)15-29-20-23-24-25-26(20)17-7-5-4-6-8-17/h4-12H,13-15H2,1-3H3,(H,22,27). The molecule has 0 fully saturated rings. The number of hydrogen-bond acceptors (Lipinski definition) is 6. The molecular formula is C21H25N5O2S. The van der Waals surface area contributed by atoms with Crippen molar-refractivity contribution in [2.75, 3.05) is 18.9 Å². The fourth-order valence-electron chi connectivity index (χ4n) is 2.59. The van der Waals surface area contributed by atoms with Gasteiger partial charge in [-0.3, -0.25) is 4.79 Å². The van der Waals surface area contributed by atoms with E-state index in [-0.39, 0.29) is 17.1 Å². The molecule has 0 atom stereocenters. The maximum atomic E-state index is 12.1. The number of carbonyl (C=O) groups excluding carboxylic acids is 1.